The average molecular weight is 399 g/mol. The van der Waals surface area contributed by atoms with Gasteiger partial charge < -0.3 is 5.32 Å². The summed E-state index contributed by atoms with van der Waals surface area (Å²) in [5, 5.41) is 12.5. The molecule has 0 atom stereocenters. The number of allylic oxidation sites excluding steroid dienone is 1. The molecule has 27 heavy (non-hydrogen) atoms. The SMILES string of the molecule is C=CCn1c(SCC(=O)Nc2ccccc2Cl)nnc1-c1ccc(C)cc1. The molecule has 0 spiro atoms. The molecule has 138 valence electrons. The number of aryl methyl sites for hydroxylation is 1. The van der Waals surface area contributed by atoms with Crippen molar-refractivity contribution in [1.29, 1.82) is 0 Å². The molecule has 0 radical (unpaired) electrons. The Kier molecular flexibility index (Phi) is 6.32. The summed E-state index contributed by atoms with van der Waals surface area (Å²) < 4.78 is 1.95. The largest absolute Gasteiger partial charge is 0.324 e. The molecule has 1 N–H and O–H groups in total. The molecule has 0 saturated heterocycles. The van der Waals surface area contributed by atoms with Crippen molar-refractivity contribution in [2.24, 2.45) is 0 Å². The number of anilines is 1. The molecule has 3 aromatic rings. The number of carbonyl (C=O) groups is 1. The molecule has 0 aliphatic carbocycles. The predicted octanol–water partition coefficient (Wildman–Crippen LogP) is 4.82. The molecule has 0 aliphatic heterocycles. The van der Waals surface area contributed by atoms with Gasteiger partial charge in [0.15, 0.2) is 11.0 Å². The van der Waals surface area contributed by atoms with Crippen LogP contribution in [0.3, 0.4) is 0 Å². The van der Waals surface area contributed by atoms with Crippen LogP contribution in [0.2, 0.25) is 5.02 Å². The van der Waals surface area contributed by atoms with Gasteiger partial charge in [0.1, 0.15) is 0 Å². The van der Waals surface area contributed by atoms with Crippen LogP contribution in [-0.4, -0.2) is 26.4 Å². The van der Waals surface area contributed by atoms with Crippen LogP contribution in [0.4, 0.5) is 5.69 Å². The van der Waals surface area contributed by atoms with Crippen LogP contribution in [0.5, 0.6) is 0 Å². The number of benzene rings is 2. The molecule has 5 nitrogen and oxygen atoms in total. The van der Waals surface area contributed by atoms with E-state index in [1.807, 2.05) is 47.9 Å². The van der Waals surface area contributed by atoms with Gasteiger partial charge in [-0.2, -0.15) is 0 Å². The van der Waals surface area contributed by atoms with Crippen LogP contribution in [0.25, 0.3) is 11.4 Å². The lowest BCUT2D eigenvalue weighted by atomic mass is 10.1. The van der Waals surface area contributed by atoms with Gasteiger partial charge in [-0.25, -0.2) is 0 Å². The Morgan fingerprint density at radius 3 is 2.67 bits per heavy atom. The molecule has 1 aromatic heterocycles. The number of rotatable bonds is 7. The Morgan fingerprint density at radius 1 is 1.22 bits per heavy atom. The minimum absolute atomic E-state index is 0.155. The molecule has 7 heteroatoms. The van der Waals surface area contributed by atoms with Crippen molar-refractivity contribution in [3.05, 3.63) is 71.8 Å². The van der Waals surface area contributed by atoms with Gasteiger partial charge >= 0.3 is 0 Å². The Labute approximate surface area is 167 Å². The first kappa shape index (κ1) is 19.2. The lowest BCUT2D eigenvalue weighted by Crippen LogP contribution is -2.15. The number of para-hydroxylation sites is 1. The predicted molar refractivity (Wildman–Crippen MR) is 111 cm³/mol. The highest BCUT2D eigenvalue weighted by Gasteiger charge is 2.15. The van der Waals surface area contributed by atoms with E-state index in [1.165, 1.54) is 17.3 Å². The lowest BCUT2D eigenvalue weighted by molar-refractivity contribution is -0.113. The quantitative estimate of drug-likeness (QED) is 0.457. The summed E-state index contributed by atoms with van der Waals surface area (Å²) in [5.41, 5.74) is 2.75. The summed E-state index contributed by atoms with van der Waals surface area (Å²) in [6.07, 6.45) is 1.79. The number of thioether (sulfide) groups is 1. The Balaban J connectivity index is 1.73. The minimum Gasteiger partial charge on any atom is -0.324 e. The van der Waals surface area contributed by atoms with Gasteiger partial charge in [0.2, 0.25) is 5.91 Å². The smallest absolute Gasteiger partial charge is 0.234 e. The van der Waals surface area contributed by atoms with Crippen LogP contribution in [0, 0.1) is 6.92 Å². The first-order valence-corrected chi connectivity index (χ1v) is 9.73. The first-order valence-electron chi connectivity index (χ1n) is 8.37. The van der Waals surface area contributed by atoms with Crippen molar-refractivity contribution < 1.29 is 4.79 Å². The van der Waals surface area contributed by atoms with Crippen LogP contribution in [-0.2, 0) is 11.3 Å². The van der Waals surface area contributed by atoms with E-state index in [1.54, 1.807) is 18.2 Å². The molecule has 2 aromatic carbocycles. The lowest BCUT2D eigenvalue weighted by Gasteiger charge is -2.09. The molecular formula is C20H19ClN4OS. The Hall–Kier alpha value is -2.57. The topological polar surface area (TPSA) is 59.8 Å². The van der Waals surface area contributed by atoms with Crippen LogP contribution in [0.1, 0.15) is 5.56 Å². The fourth-order valence-corrected chi connectivity index (χ4v) is 3.42. The number of carbonyl (C=O) groups excluding carboxylic acids is 1. The van der Waals surface area contributed by atoms with Crippen molar-refractivity contribution >= 4 is 35.0 Å². The number of hydrogen-bond acceptors (Lipinski definition) is 4. The molecule has 0 saturated carbocycles. The monoisotopic (exact) mass is 398 g/mol. The van der Waals surface area contributed by atoms with E-state index < -0.39 is 0 Å². The molecular weight excluding hydrogens is 380 g/mol. The molecule has 0 fully saturated rings. The molecule has 0 unspecified atom stereocenters. The van der Waals surface area contributed by atoms with E-state index in [-0.39, 0.29) is 11.7 Å². The molecule has 0 bridgehead atoms. The van der Waals surface area contributed by atoms with Crippen molar-refractivity contribution in [2.45, 2.75) is 18.6 Å². The fraction of sp³-hybridized carbons (Fsp3) is 0.150. The van der Waals surface area contributed by atoms with Crippen molar-refractivity contribution in [1.82, 2.24) is 14.8 Å². The van der Waals surface area contributed by atoms with E-state index in [0.29, 0.717) is 22.4 Å². The number of aromatic nitrogens is 3. The number of hydrogen-bond donors (Lipinski definition) is 1. The number of nitrogens with zero attached hydrogens (tertiary/aromatic N) is 3. The van der Waals surface area contributed by atoms with Crippen molar-refractivity contribution in [2.75, 3.05) is 11.1 Å². The normalized spacial score (nSPS) is 10.6. The summed E-state index contributed by atoms with van der Waals surface area (Å²) in [7, 11) is 0. The van der Waals surface area contributed by atoms with Gasteiger partial charge in [0, 0.05) is 12.1 Å². The number of nitrogens with one attached hydrogen (secondary N) is 1. The number of halogens is 1. The first-order chi connectivity index (χ1) is 13.1. The van der Waals surface area contributed by atoms with E-state index in [4.69, 9.17) is 11.6 Å². The second-order valence-electron chi connectivity index (χ2n) is 5.89. The second-order valence-corrected chi connectivity index (χ2v) is 7.24. The zero-order chi connectivity index (χ0) is 19.2. The Bertz CT molecular complexity index is 953. The third-order valence-corrected chi connectivity index (χ3v) is 5.11. The third kappa shape index (κ3) is 4.78. The summed E-state index contributed by atoms with van der Waals surface area (Å²) in [6, 6.07) is 15.2. The third-order valence-electron chi connectivity index (χ3n) is 3.82. The minimum atomic E-state index is -0.155. The highest BCUT2D eigenvalue weighted by Crippen LogP contribution is 2.25. The summed E-state index contributed by atoms with van der Waals surface area (Å²) in [6.45, 7) is 6.41. The highest BCUT2D eigenvalue weighted by molar-refractivity contribution is 7.99. The van der Waals surface area contributed by atoms with Gasteiger partial charge in [0.05, 0.1) is 16.5 Å². The zero-order valence-corrected chi connectivity index (χ0v) is 16.4. The van der Waals surface area contributed by atoms with Gasteiger partial charge in [-0.05, 0) is 19.1 Å². The molecule has 1 heterocycles. The van der Waals surface area contributed by atoms with Crippen LogP contribution < -0.4 is 5.32 Å². The standard InChI is InChI=1S/C20H19ClN4OS/c1-3-12-25-19(15-10-8-14(2)9-11-15)23-24-20(25)27-13-18(26)22-17-7-5-4-6-16(17)21/h3-11H,1,12-13H2,2H3,(H,22,26). The van der Waals surface area contributed by atoms with Gasteiger partial charge in [-0.15, -0.1) is 16.8 Å². The molecule has 0 aliphatic rings. The summed E-state index contributed by atoms with van der Waals surface area (Å²) in [5.74, 6) is 0.802. The fourth-order valence-electron chi connectivity index (χ4n) is 2.48. The molecule has 1 amide bonds. The van der Waals surface area contributed by atoms with E-state index in [2.05, 4.69) is 22.1 Å². The maximum Gasteiger partial charge on any atom is 0.234 e. The zero-order valence-electron chi connectivity index (χ0n) is 14.9. The van der Waals surface area contributed by atoms with E-state index >= 15 is 0 Å². The number of amides is 1. The van der Waals surface area contributed by atoms with Gasteiger partial charge in [0.25, 0.3) is 0 Å². The maximum absolute atomic E-state index is 12.3. The Morgan fingerprint density at radius 2 is 1.96 bits per heavy atom. The van der Waals surface area contributed by atoms with E-state index in [0.717, 1.165) is 11.4 Å². The highest BCUT2D eigenvalue weighted by atomic mass is 35.5. The van der Waals surface area contributed by atoms with Crippen LogP contribution >= 0.6 is 23.4 Å². The van der Waals surface area contributed by atoms with Crippen molar-refractivity contribution in [3.63, 3.8) is 0 Å². The van der Waals surface area contributed by atoms with Gasteiger partial charge in [-0.1, -0.05) is 71.4 Å². The van der Waals surface area contributed by atoms with Gasteiger partial charge in [-0.3, -0.25) is 9.36 Å². The maximum atomic E-state index is 12.3. The summed E-state index contributed by atoms with van der Waals surface area (Å²) in [4.78, 5) is 12.3. The van der Waals surface area contributed by atoms with E-state index in [9.17, 15) is 4.79 Å². The molecule has 3 rings (SSSR count). The second kappa shape index (κ2) is 8.88. The summed E-state index contributed by atoms with van der Waals surface area (Å²) >= 11 is 7.40. The average Bonchev–Trinajstić information content (AvgIpc) is 3.06. The van der Waals surface area contributed by atoms with Crippen LogP contribution in [0.15, 0.2) is 66.3 Å². The van der Waals surface area contributed by atoms with Crippen molar-refractivity contribution in [3.8, 4) is 11.4 Å².